The third kappa shape index (κ3) is 7.35. The van der Waals surface area contributed by atoms with Gasteiger partial charge < -0.3 is 25.0 Å². The number of carbonyl (C=O) groups is 1. The van der Waals surface area contributed by atoms with Gasteiger partial charge in [0.25, 0.3) is 0 Å². The number of anilines is 2. The minimum Gasteiger partial charge on any atom is -0.484 e. The third-order valence-electron chi connectivity index (χ3n) is 10.1. The van der Waals surface area contributed by atoms with Gasteiger partial charge in [0.05, 0.1) is 37.3 Å². The van der Waals surface area contributed by atoms with Crippen molar-refractivity contribution in [2.45, 2.75) is 96.6 Å². The molecule has 2 aliphatic rings. The number of ether oxygens (including phenoxy) is 1. The highest BCUT2D eigenvalue weighted by molar-refractivity contribution is 5.89. The number of piperidine rings is 1. The predicted molar refractivity (Wildman–Crippen MR) is 200 cm³/mol. The molecule has 0 bridgehead atoms. The second-order valence-corrected chi connectivity index (χ2v) is 15.4. The first-order valence-electron chi connectivity index (χ1n) is 18.4. The average Bonchev–Trinajstić information content (AvgIpc) is 3.85. The molecule has 1 aliphatic heterocycles. The van der Waals surface area contributed by atoms with Crippen LogP contribution in [-0.4, -0.2) is 83.4 Å². The predicted octanol–water partition coefficient (Wildman–Crippen LogP) is 5.62. The number of likely N-dealkylation sites (N-methyl/N-ethyl adjacent to an activating group) is 1. The second kappa shape index (κ2) is 14.6. The Morgan fingerprint density at radius 2 is 1.83 bits per heavy atom. The summed E-state index contributed by atoms with van der Waals surface area (Å²) in [5, 5.41) is 34.9. The van der Waals surface area contributed by atoms with E-state index in [1.807, 2.05) is 61.2 Å². The Bertz CT molecular complexity index is 2020. The van der Waals surface area contributed by atoms with Crippen LogP contribution in [0.2, 0.25) is 0 Å². The molecule has 2 amide bonds. The van der Waals surface area contributed by atoms with Crippen LogP contribution in [0.4, 0.5) is 16.6 Å². The molecule has 3 N–H and O–H groups in total. The number of nitrogens with zero attached hydrogens (tertiary/aromatic N) is 9. The quantitative estimate of drug-likeness (QED) is 0.169. The van der Waals surface area contributed by atoms with E-state index in [-0.39, 0.29) is 30.2 Å². The van der Waals surface area contributed by atoms with Crippen LogP contribution < -0.4 is 20.3 Å². The van der Waals surface area contributed by atoms with Crippen LogP contribution in [0, 0.1) is 0 Å². The largest absolute Gasteiger partial charge is 0.484 e. The van der Waals surface area contributed by atoms with Crippen LogP contribution >= 0.6 is 0 Å². The van der Waals surface area contributed by atoms with E-state index < -0.39 is 0 Å². The Kier molecular flexibility index (Phi) is 9.94. The van der Waals surface area contributed by atoms with Gasteiger partial charge in [-0.2, -0.15) is 10.2 Å². The standard InChI is InChI=1S/C38H51N11O3/c1-25-11-9-10-18-47(25)37-42-41-34-17-14-26(22-48(34)37)52-32-16-15-29(27-12-7-8-13-28(27)32)39-36(51)40-35-21-33(38(2,3)4)44-49(35)31-23-46(20-19-45(5)6)43-30(31)24-50/h7-8,12-14,17,21-23,25,29,32,50H,9-11,15-16,18-20,24H2,1-6H3,(H2,39,40,51)/t25-,29-,32+/m0/s1. The average molecular weight is 710 g/mol. The van der Waals surface area contributed by atoms with Crippen LogP contribution in [0.15, 0.2) is 54.9 Å². The molecule has 1 aromatic carbocycles. The Morgan fingerprint density at radius 3 is 2.58 bits per heavy atom. The summed E-state index contributed by atoms with van der Waals surface area (Å²) < 4.78 is 12.2. The molecule has 5 aromatic rings. The third-order valence-corrected chi connectivity index (χ3v) is 10.1. The van der Waals surface area contributed by atoms with Crippen molar-refractivity contribution in [2.24, 2.45) is 0 Å². The van der Waals surface area contributed by atoms with Crippen molar-refractivity contribution < 1.29 is 14.6 Å². The molecule has 4 aromatic heterocycles. The van der Waals surface area contributed by atoms with Crippen molar-refractivity contribution in [3.63, 3.8) is 0 Å². The van der Waals surface area contributed by atoms with E-state index >= 15 is 0 Å². The number of rotatable bonds is 10. The molecular formula is C38H51N11O3. The molecule has 0 spiro atoms. The van der Waals surface area contributed by atoms with Crippen molar-refractivity contribution in [1.29, 1.82) is 0 Å². The Morgan fingerprint density at radius 1 is 1.02 bits per heavy atom. The molecule has 276 valence electrons. The molecular weight excluding hydrogens is 658 g/mol. The van der Waals surface area contributed by atoms with Gasteiger partial charge in [0.2, 0.25) is 5.95 Å². The highest BCUT2D eigenvalue weighted by atomic mass is 16.5. The molecule has 0 saturated carbocycles. The lowest BCUT2D eigenvalue weighted by molar-refractivity contribution is 0.171. The number of urea groups is 1. The first-order chi connectivity index (χ1) is 25.0. The molecule has 7 rings (SSSR count). The molecule has 14 heteroatoms. The normalized spacial score (nSPS) is 19.2. The van der Waals surface area contributed by atoms with Gasteiger partial charge in [-0.25, -0.2) is 9.48 Å². The number of pyridine rings is 1. The molecule has 5 heterocycles. The summed E-state index contributed by atoms with van der Waals surface area (Å²) in [6, 6.07) is 13.8. The van der Waals surface area contributed by atoms with E-state index in [0.29, 0.717) is 36.2 Å². The van der Waals surface area contributed by atoms with Crippen molar-refractivity contribution in [3.8, 4) is 11.4 Å². The monoisotopic (exact) mass is 709 g/mol. The Hall–Kier alpha value is -4.95. The van der Waals surface area contributed by atoms with Crippen LogP contribution in [0.1, 0.15) is 94.5 Å². The first kappa shape index (κ1) is 35.5. The zero-order valence-corrected chi connectivity index (χ0v) is 31.1. The van der Waals surface area contributed by atoms with Crippen molar-refractivity contribution in [3.05, 3.63) is 77.4 Å². The maximum atomic E-state index is 13.7. The molecule has 1 aliphatic carbocycles. The summed E-state index contributed by atoms with van der Waals surface area (Å²) >= 11 is 0. The van der Waals surface area contributed by atoms with E-state index in [2.05, 4.69) is 75.6 Å². The zero-order chi connectivity index (χ0) is 36.6. The Labute approximate surface area is 304 Å². The number of hydrogen-bond donors (Lipinski definition) is 3. The first-order valence-corrected chi connectivity index (χ1v) is 18.4. The van der Waals surface area contributed by atoms with Gasteiger partial charge in [-0.3, -0.25) is 14.4 Å². The molecule has 52 heavy (non-hydrogen) atoms. The van der Waals surface area contributed by atoms with Crippen LogP contribution in [0.25, 0.3) is 11.3 Å². The van der Waals surface area contributed by atoms with E-state index in [1.165, 1.54) is 6.42 Å². The fourth-order valence-electron chi connectivity index (χ4n) is 7.20. The van der Waals surface area contributed by atoms with E-state index in [1.54, 1.807) is 9.36 Å². The SMILES string of the molecule is C[C@H]1CCCCN1c1nnc2ccc(O[C@@H]3CC[C@H](NC(=O)Nc4cc(C(C)(C)C)nn4-c4cn(CCN(C)C)nc4CO)c4ccccc43)cn12. The maximum absolute atomic E-state index is 13.7. The molecule has 14 nitrogen and oxygen atoms in total. The summed E-state index contributed by atoms with van der Waals surface area (Å²) in [5.41, 5.74) is 4.50. The molecule has 0 unspecified atom stereocenters. The topological polar surface area (TPSA) is 143 Å². The lowest BCUT2D eigenvalue weighted by atomic mass is 9.85. The number of carbonyl (C=O) groups excluding carboxylic acids is 1. The van der Waals surface area contributed by atoms with Crippen molar-refractivity contribution in [1.82, 2.24) is 44.4 Å². The van der Waals surface area contributed by atoms with E-state index in [9.17, 15) is 9.90 Å². The van der Waals surface area contributed by atoms with Crippen LogP contribution in [0.3, 0.4) is 0 Å². The summed E-state index contributed by atoms with van der Waals surface area (Å²) in [4.78, 5) is 18.2. The van der Waals surface area contributed by atoms with Gasteiger partial charge in [-0.15, -0.1) is 10.2 Å². The lowest BCUT2D eigenvalue weighted by Crippen LogP contribution is -2.38. The second-order valence-electron chi connectivity index (χ2n) is 15.4. The van der Waals surface area contributed by atoms with Gasteiger partial charge >= 0.3 is 6.03 Å². The maximum Gasteiger partial charge on any atom is 0.320 e. The van der Waals surface area contributed by atoms with Gasteiger partial charge in [0, 0.05) is 30.6 Å². The Balaban J connectivity index is 1.09. The minimum atomic E-state index is -0.344. The lowest BCUT2D eigenvalue weighted by Gasteiger charge is -2.33. The van der Waals surface area contributed by atoms with E-state index in [0.717, 1.165) is 66.5 Å². The molecule has 1 saturated heterocycles. The number of aliphatic hydroxyl groups is 1. The number of nitrogens with one attached hydrogen (secondary N) is 2. The molecule has 3 atom stereocenters. The molecule has 0 radical (unpaired) electrons. The highest BCUT2D eigenvalue weighted by Gasteiger charge is 2.31. The zero-order valence-electron chi connectivity index (χ0n) is 31.1. The smallest absolute Gasteiger partial charge is 0.320 e. The fraction of sp³-hybridized carbons (Fsp3) is 0.500. The van der Waals surface area contributed by atoms with Gasteiger partial charge in [-0.1, -0.05) is 45.0 Å². The van der Waals surface area contributed by atoms with Crippen molar-refractivity contribution >= 4 is 23.4 Å². The van der Waals surface area contributed by atoms with Gasteiger partial charge in [-0.05, 0) is 76.4 Å². The van der Waals surface area contributed by atoms with Gasteiger partial charge in [0.1, 0.15) is 29.1 Å². The highest BCUT2D eigenvalue weighted by Crippen LogP contribution is 2.39. The number of aliphatic hydroxyl groups excluding tert-OH is 1. The van der Waals surface area contributed by atoms with Crippen LogP contribution in [-0.2, 0) is 18.6 Å². The molecule has 1 fully saturated rings. The summed E-state index contributed by atoms with van der Waals surface area (Å²) in [5.74, 6) is 2.10. The summed E-state index contributed by atoms with van der Waals surface area (Å²) in [7, 11) is 4.01. The number of fused-ring (bicyclic) bond motifs is 2. The number of benzene rings is 1. The number of hydrogen-bond acceptors (Lipinski definition) is 9. The summed E-state index contributed by atoms with van der Waals surface area (Å²) in [6.45, 7) is 10.6. The number of aromatic nitrogens is 7. The fourth-order valence-corrected chi connectivity index (χ4v) is 7.20. The van der Waals surface area contributed by atoms with Crippen molar-refractivity contribution in [2.75, 3.05) is 37.4 Å². The van der Waals surface area contributed by atoms with Crippen LogP contribution in [0.5, 0.6) is 5.75 Å². The number of amides is 2. The minimum absolute atomic E-state index is 0.180. The van der Waals surface area contributed by atoms with E-state index in [4.69, 9.17) is 9.84 Å². The summed E-state index contributed by atoms with van der Waals surface area (Å²) in [6.07, 6.45) is 8.63. The van der Waals surface area contributed by atoms with Gasteiger partial charge in [0.15, 0.2) is 5.65 Å².